The molecule has 0 aliphatic heterocycles. The zero-order chi connectivity index (χ0) is 8.81. The maximum atomic E-state index is 10.7. The van der Waals surface area contributed by atoms with Gasteiger partial charge in [-0.25, -0.2) is 0 Å². The molecule has 0 spiro atoms. The van der Waals surface area contributed by atoms with Crippen molar-refractivity contribution in [2.75, 3.05) is 6.54 Å². The predicted molar refractivity (Wildman–Crippen MR) is 44.3 cm³/mol. The fourth-order valence-electron chi connectivity index (χ4n) is 0.748. The first-order valence-electron chi connectivity index (χ1n) is 3.61. The van der Waals surface area contributed by atoms with Crippen LogP contribution in [0.15, 0.2) is 25.0 Å². The summed E-state index contributed by atoms with van der Waals surface area (Å²) in [5.74, 6) is -0.161. The van der Waals surface area contributed by atoms with Crippen LogP contribution in [-0.2, 0) is 11.3 Å². The fraction of sp³-hybridized carbons (Fsp3) is 0.250. The average molecular weight is 164 g/mol. The van der Waals surface area contributed by atoms with Crippen LogP contribution in [0.4, 0.5) is 0 Å². The highest BCUT2D eigenvalue weighted by Crippen LogP contribution is 1.81. The molecule has 1 rings (SSSR count). The van der Waals surface area contributed by atoms with E-state index in [9.17, 15) is 4.79 Å². The lowest BCUT2D eigenvalue weighted by atomic mass is 10.5. The van der Waals surface area contributed by atoms with Gasteiger partial charge in [-0.1, -0.05) is 6.58 Å². The van der Waals surface area contributed by atoms with E-state index in [1.807, 2.05) is 0 Å². The standard InChI is InChI=1S/C8H10N3O/c1-2-8(12)9-5-7-11-6-3-4-10-11/h2,4,6H,1,5,7H2,(H,9,12). The fourth-order valence-corrected chi connectivity index (χ4v) is 0.748. The molecule has 4 nitrogen and oxygen atoms in total. The molecule has 0 saturated carbocycles. The zero-order valence-corrected chi connectivity index (χ0v) is 6.66. The highest BCUT2D eigenvalue weighted by molar-refractivity contribution is 5.86. The first kappa shape index (κ1) is 8.52. The molecule has 4 heteroatoms. The van der Waals surface area contributed by atoms with Crippen molar-refractivity contribution in [3.63, 3.8) is 0 Å². The van der Waals surface area contributed by atoms with E-state index in [4.69, 9.17) is 0 Å². The van der Waals surface area contributed by atoms with E-state index in [1.54, 1.807) is 17.1 Å². The van der Waals surface area contributed by atoms with Crippen molar-refractivity contribution in [2.45, 2.75) is 6.54 Å². The molecule has 1 aromatic rings. The maximum absolute atomic E-state index is 10.7. The van der Waals surface area contributed by atoms with E-state index >= 15 is 0 Å². The maximum Gasteiger partial charge on any atom is 0.243 e. The normalized spacial score (nSPS) is 9.33. The van der Waals surface area contributed by atoms with Crippen LogP contribution in [0, 0.1) is 6.07 Å². The molecule has 0 atom stereocenters. The third kappa shape index (κ3) is 2.57. The van der Waals surface area contributed by atoms with Crippen LogP contribution in [0.3, 0.4) is 0 Å². The summed E-state index contributed by atoms with van der Waals surface area (Å²) in [4.78, 5) is 10.7. The summed E-state index contributed by atoms with van der Waals surface area (Å²) >= 11 is 0. The van der Waals surface area contributed by atoms with E-state index in [0.29, 0.717) is 13.1 Å². The minimum Gasteiger partial charge on any atom is -0.351 e. The second kappa shape index (κ2) is 4.33. The molecule has 0 saturated heterocycles. The Kier molecular flexibility index (Phi) is 3.07. The number of aromatic nitrogens is 2. The van der Waals surface area contributed by atoms with Gasteiger partial charge in [0, 0.05) is 18.8 Å². The molecule has 0 fully saturated rings. The minimum atomic E-state index is -0.161. The summed E-state index contributed by atoms with van der Waals surface area (Å²) in [5, 5.41) is 6.56. The van der Waals surface area contributed by atoms with Crippen LogP contribution in [0.25, 0.3) is 0 Å². The Morgan fingerprint density at radius 1 is 1.83 bits per heavy atom. The van der Waals surface area contributed by atoms with E-state index in [2.05, 4.69) is 23.1 Å². The van der Waals surface area contributed by atoms with Crippen molar-refractivity contribution in [1.82, 2.24) is 15.1 Å². The van der Waals surface area contributed by atoms with Gasteiger partial charge in [0.25, 0.3) is 0 Å². The number of hydrogen-bond acceptors (Lipinski definition) is 2. The second-order valence-corrected chi connectivity index (χ2v) is 2.20. The van der Waals surface area contributed by atoms with Crippen molar-refractivity contribution < 1.29 is 4.79 Å². The van der Waals surface area contributed by atoms with Crippen molar-refractivity contribution in [3.05, 3.63) is 31.1 Å². The van der Waals surface area contributed by atoms with Gasteiger partial charge >= 0.3 is 0 Å². The van der Waals surface area contributed by atoms with Crippen molar-refractivity contribution in [1.29, 1.82) is 0 Å². The van der Waals surface area contributed by atoms with Crippen molar-refractivity contribution in [3.8, 4) is 0 Å². The van der Waals surface area contributed by atoms with Crippen LogP contribution in [0.1, 0.15) is 0 Å². The number of rotatable bonds is 4. The third-order valence-corrected chi connectivity index (χ3v) is 1.33. The van der Waals surface area contributed by atoms with Gasteiger partial charge in [0.15, 0.2) is 0 Å². The average Bonchev–Trinajstić information content (AvgIpc) is 2.57. The molecule has 0 aromatic carbocycles. The first-order valence-corrected chi connectivity index (χ1v) is 3.61. The monoisotopic (exact) mass is 164 g/mol. The van der Waals surface area contributed by atoms with Crippen LogP contribution in [0.2, 0.25) is 0 Å². The highest BCUT2D eigenvalue weighted by atomic mass is 16.1. The Labute approximate surface area is 70.9 Å². The Hall–Kier alpha value is -1.58. The Bertz CT molecular complexity index is 253. The van der Waals surface area contributed by atoms with Crippen LogP contribution in [0.5, 0.6) is 0 Å². The number of hydrogen-bond donors (Lipinski definition) is 1. The smallest absolute Gasteiger partial charge is 0.243 e. The van der Waals surface area contributed by atoms with Crippen LogP contribution < -0.4 is 5.32 Å². The van der Waals surface area contributed by atoms with Crippen LogP contribution >= 0.6 is 0 Å². The largest absolute Gasteiger partial charge is 0.351 e. The summed E-state index contributed by atoms with van der Waals surface area (Å²) in [6, 6.07) is 2.80. The lowest BCUT2D eigenvalue weighted by Gasteiger charge is -2.01. The van der Waals surface area contributed by atoms with Crippen molar-refractivity contribution in [2.24, 2.45) is 0 Å². The van der Waals surface area contributed by atoms with E-state index in [1.165, 1.54) is 6.08 Å². The van der Waals surface area contributed by atoms with Crippen molar-refractivity contribution >= 4 is 5.91 Å². The molecule has 63 valence electrons. The highest BCUT2D eigenvalue weighted by Gasteiger charge is 1.93. The lowest BCUT2D eigenvalue weighted by Crippen LogP contribution is -2.25. The van der Waals surface area contributed by atoms with Gasteiger partial charge in [-0.15, -0.1) is 0 Å². The molecule has 12 heavy (non-hydrogen) atoms. The molecule has 1 radical (unpaired) electrons. The number of carbonyl (C=O) groups is 1. The summed E-state index contributed by atoms with van der Waals surface area (Å²) in [6.07, 6.45) is 4.55. The number of nitrogens with one attached hydrogen (secondary N) is 1. The number of amides is 1. The Morgan fingerprint density at radius 3 is 3.25 bits per heavy atom. The van der Waals surface area contributed by atoms with E-state index < -0.39 is 0 Å². The lowest BCUT2D eigenvalue weighted by molar-refractivity contribution is -0.116. The van der Waals surface area contributed by atoms with E-state index in [-0.39, 0.29) is 5.91 Å². The summed E-state index contributed by atoms with van der Waals surface area (Å²) in [6.45, 7) is 4.55. The quantitative estimate of drug-likeness (QED) is 0.636. The second-order valence-electron chi connectivity index (χ2n) is 2.20. The Balaban J connectivity index is 2.19. The molecular formula is C8H10N3O. The van der Waals surface area contributed by atoms with E-state index in [0.717, 1.165) is 0 Å². The van der Waals surface area contributed by atoms with Gasteiger partial charge in [0.05, 0.1) is 12.7 Å². The summed E-state index contributed by atoms with van der Waals surface area (Å²) < 4.78 is 1.70. The molecule has 1 aromatic heterocycles. The minimum absolute atomic E-state index is 0.161. The van der Waals surface area contributed by atoms with Gasteiger partial charge in [0.1, 0.15) is 0 Å². The molecule has 0 aliphatic carbocycles. The summed E-state index contributed by atoms with van der Waals surface area (Å²) in [5.41, 5.74) is 0. The van der Waals surface area contributed by atoms with Gasteiger partial charge < -0.3 is 5.32 Å². The molecule has 0 unspecified atom stereocenters. The molecule has 1 N–H and O–H groups in total. The molecule has 1 amide bonds. The predicted octanol–water partition coefficient (Wildman–Crippen LogP) is -0.0145. The molecule has 1 heterocycles. The van der Waals surface area contributed by atoms with Gasteiger partial charge in [-0.2, -0.15) is 5.10 Å². The first-order chi connectivity index (χ1) is 5.83. The Morgan fingerprint density at radius 2 is 2.67 bits per heavy atom. The topological polar surface area (TPSA) is 46.9 Å². The zero-order valence-electron chi connectivity index (χ0n) is 6.66. The SMILES string of the molecule is C=CC(=O)NCCn1c[c]cn1. The molecule has 0 bridgehead atoms. The number of carbonyl (C=O) groups excluding carboxylic acids is 1. The van der Waals surface area contributed by atoms with Gasteiger partial charge in [0.2, 0.25) is 5.91 Å². The van der Waals surface area contributed by atoms with Gasteiger partial charge in [-0.3, -0.25) is 9.48 Å². The third-order valence-electron chi connectivity index (χ3n) is 1.33. The van der Waals surface area contributed by atoms with Crippen LogP contribution in [-0.4, -0.2) is 22.2 Å². The summed E-state index contributed by atoms with van der Waals surface area (Å²) in [7, 11) is 0. The molecular weight excluding hydrogens is 154 g/mol. The molecule has 0 aliphatic rings. The van der Waals surface area contributed by atoms with Gasteiger partial charge in [-0.05, 0) is 6.08 Å². The number of nitrogens with zero attached hydrogens (tertiary/aromatic N) is 2.